The minimum Gasteiger partial charge on any atom is -0.373 e. The van der Waals surface area contributed by atoms with Crippen molar-refractivity contribution in [3.63, 3.8) is 0 Å². The highest BCUT2D eigenvalue weighted by Crippen LogP contribution is 2.27. The molecule has 0 bridgehead atoms. The highest BCUT2D eigenvalue weighted by molar-refractivity contribution is 5.80. The minimum absolute atomic E-state index is 0.439. The predicted molar refractivity (Wildman–Crippen MR) is 43.1 cm³/mol. The number of hydrogen-bond donors (Lipinski definition) is 0. The maximum absolute atomic E-state index is 11.1. The van der Waals surface area contributed by atoms with Crippen molar-refractivity contribution in [2.75, 3.05) is 6.54 Å². The molecule has 2 rings (SSSR count). The maximum atomic E-state index is 11.1. The fraction of sp³-hybridized carbons (Fsp3) is 0.667. The van der Waals surface area contributed by atoms with Crippen LogP contribution in [-0.2, 0) is 4.79 Å². The summed E-state index contributed by atoms with van der Waals surface area (Å²) in [4.78, 5) is 13.4. The molecular weight excluding hydrogens is 138 g/mol. The lowest BCUT2D eigenvalue weighted by atomic mass is 10.00. The molecular formula is C9H13NO. The van der Waals surface area contributed by atoms with E-state index >= 15 is 0 Å². The summed E-state index contributed by atoms with van der Waals surface area (Å²) in [7, 11) is 0. The van der Waals surface area contributed by atoms with Crippen LogP contribution < -0.4 is 0 Å². The molecule has 1 unspecified atom stereocenters. The lowest BCUT2D eigenvalue weighted by Gasteiger charge is -2.29. The van der Waals surface area contributed by atoms with E-state index < -0.39 is 0 Å². The molecule has 0 aromatic heterocycles. The monoisotopic (exact) mass is 151 g/mol. The zero-order valence-electron chi connectivity index (χ0n) is 6.84. The maximum Gasteiger partial charge on any atom is 0.136 e. The van der Waals surface area contributed by atoms with Gasteiger partial charge >= 0.3 is 0 Å². The van der Waals surface area contributed by atoms with Gasteiger partial charge < -0.3 is 4.90 Å². The smallest absolute Gasteiger partial charge is 0.136 e. The summed E-state index contributed by atoms with van der Waals surface area (Å²) in [5.41, 5.74) is 1.42. The zero-order valence-corrected chi connectivity index (χ0v) is 6.84. The van der Waals surface area contributed by atoms with Gasteiger partial charge in [0.2, 0.25) is 0 Å². The molecule has 2 aliphatic rings. The number of Topliss-reactive ketones (excluding diaryl/α,β-unsaturated/α-hetero) is 1. The van der Waals surface area contributed by atoms with Crippen molar-refractivity contribution in [3.8, 4) is 0 Å². The standard InChI is InChI=1S/C9H13NO/c1-7-4-8-5-9(11)2-3-10(8)6-7/h6,8H,2-5H2,1H3. The average Bonchev–Trinajstić information content (AvgIpc) is 2.27. The van der Waals surface area contributed by atoms with Gasteiger partial charge in [0.1, 0.15) is 5.78 Å². The first-order chi connectivity index (χ1) is 5.25. The van der Waals surface area contributed by atoms with Crippen LogP contribution in [0.3, 0.4) is 0 Å². The van der Waals surface area contributed by atoms with Crippen LogP contribution in [0.1, 0.15) is 26.2 Å². The third kappa shape index (κ3) is 1.17. The highest BCUT2D eigenvalue weighted by atomic mass is 16.1. The largest absolute Gasteiger partial charge is 0.373 e. The molecule has 0 saturated carbocycles. The van der Waals surface area contributed by atoms with Crippen molar-refractivity contribution in [1.29, 1.82) is 0 Å². The quantitative estimate of drug-likeness (QED) is 0.520. The van der Waals surface area contributed by atoms with Gasteiger partial charge in [0.05, 0.1) is 0 Å². The number of nitrogens with zero attached hydrogens (tertiary/aromatic N) is 1. The van der Waals surface area contributed by atoms with E-state index in [0.29, 0.717) is 11.8 Å². The lowest BCUT2D eigenvalue weighted by Crippen LogP contribution is -2.36. The van der Waals surface area contributed by atoms with Crippen molar-refractivity contribution >= 4 is 5.78 Å². The fourth-order valence-corrected chi connectivity index (χ4v) is 1.99. The summed E-state index contributed by atoms with van der Waals surface area (Å²) in [5, 5.41) is 0. The Balaban J connectivity index is 2.09. The van der Waals surface area contributed by atoms with Crippen LogP contribution in [0, 0.1) is 0 Å². The summed E-state index contributed by atoms with van der Waals surface area (Å²) in [6, 6.07) is 0.510. The van der Waals surface area contributed by atoms with E-state index in [9.17, 15) is 4.79 Å². The normalized spacial score (nSPS) is 30.3. The lowest BCUT2D eigenvalue weighted by molar-refractivity contribution is -0.122. The molecule has 0 aromatic rings. The van der Waals surface area contributed by atoms with Crippen LogP contribution in [0.4, 0.5) is 0 Å². The van der Waals surface area contributed by atoms with Gasteiger partial charge in [-0.25, -0.2) is 0 Å². The molecule has 0 spiro atoms. The number of rotatable bonds is 0. The molecule has 1 fully saturated rings. The van der Waals surface area contributed by atoms with Crippen molar-refractivity contribution < 1.29 is 4.79 Å². The van der Waals surface area contributed by atoms with Crippen molar-refractivity contribution in [2.24, 2.45) is 0 Å². The third-order valence-corrected chi connectivity index (χ3v) is 2.52. The predicted octanol–water partition coefficient (Wildman–Crippen LogP) is 1.33. The molecule has 2 heterocycles. The average molecular weight is 151 g/mol. The topological polar surface area (TPSA) is 20.3 Å². The number of carbonyl (C=O) groups excluding carboxylic acids is 1. The molecule has 0 N–H and O–H groups in total. The van der Waals surface area contributed by atoms with E-state index in [1.165, 1.54) is 5.57 Å². The number of piperidine rings is 1. The van der Waals surface area contributed by atoms with Gasteiger partial charge in [0.25, 0.3) is 0 Å². The Bertz CT molecular complexity index is 220. The Morgan fingerprint density at radius 1 is 1.55 bits per heavy atom. The molecule has 60 valence electrons. The van der Waals surface area contributed by atoms with Crippen LogP contribution in [0.5, 0.6) is 0 Å². The van der Waals surface area contributed by atoms with Gasteiger partial charge in [0, 0.05) is 25.4 Å². The van der Waals surface area contributed by atoms with E-state index in [1.54, 1.807) is 0 Å². The second-order valence-corrected chi connectivity index (χ2v) is 3.56. The van der Waals surface area contributed by atoms with Crippen LogP contribution >= 0.6 is 0 Å². The van der Waals surface area contributed by atoms with E-state index in [1.807, 2.05) is 0 Å². The van der Waals surface area contributed by atoms with Crippen LogP contribution in [0.2, 0.25) is 0 Å². The molecule has 11 heavy (non-hydrogen) atoms. The van der Waals surface area contributed by atoms with Gasteiger partial charge in [-0.1, -0.05) is 5.57 Å². The number of carbonyl (C=O) groups is 1. The molecule has 2 aliphatic heterocycles. The van der Waals surface area contributed by atoms with Gasteiger partial charge in [0.15, 0.2) is 0 Å². The van der Waals surface area contributed by atoms with Gasteiger partial charge in [-0.15, -0.1) is 0 Å². The molecule has 0 aromatic carbocycles. The molecule has 2 nitrogen and oxygen atoms in total. The first kappa shape index (κ1) is 6.89. The van der Waals surface area contributed by atoms with Gasteiger partial charge in [-0.05, 0) is 19.5 Å². The summed E-state index contributed by atoms with van der Waals surface area (Å²) >= 11 is 0. The van der Waals surface area contributed by atoms with Crippen molar-refractivity contribution in [2.45, 2.75) is 32.2 Å². The fourth-order valence-electron chi connectivity index (χ4n) is 1.99. The summed E-state index contributed by atoms with van der Waals surface area (Å²) in [5.74, 6) is 0.439. The number of ketones is 1. The van der Waals surface area contributed by atoms with Crippen LogP contribution in [0.25, 0.3) is 0 Å². The SMILES string of the molecule is CC1=CN2CCC(=O)CC2C1. The second-order valence-electron chi connectivity index (χ2n) is 3.56. The number of hydrogen-bond acceptors (Lipinski definition) is 2. The van der Waals surface area contributed by atoms with Gasteiger partial charge in [-0.3, -0.25) is 4.79 Å². The first-order valence-corrected chi connectivity index (χ1v) is 4.20. The van der Waals surface area contributed by atoms with E-state index in [-0.39, 0.29) is 0 Å². The molecule has 0 amide bonds. The van der Waals surface area contributed by atoms with Crippen molar-refractivity contribution in [1.82, 2.24) is 4.90 Å². The molecule has 1 saturated heterocycles. The molecule has 2 heteroatoms. The van der Waals surface area contributed by atoms with Crippen LogP contribution in [0.15, 0.2) is 11.8 Å². The van der Waals surface area contributed by atoms with E-state index in [0.717, 1.165) is 25.8 Å². The summed E-state index contributed by atoms with van der Waals surface area (Å²) in [6.45, 7) is 3.09. The Morgan fingerprint density at radius 3 is 3.18 bits per heavy atom. The molecule has 1 atom stereocenters. The first-order valence-electron chi connectivity index (χ1n) is 4.20. The Labute approximate surface area is 66.9 Å². The minimum atomic E-state index is 0.439. The zero-order chi connectivity index (χ0) is 7.84. The van der Waals surface area contributed by atoms with E-state index in [2.05, 4.69) is 18.0 Å². The van der Waals surface area contributed by atoms with Gasteiger partial charge in [-0.2, -0.15) is 0 Å². The highest BCUT2D eigenvalue weighted by Gasteiger charge is 2.28. The molecule has 0 radical (unpaired) electrons. The van der Waals surface area contributed by atoms with Crippen molar-refractivity contribution in [3.05, 3.63) is 11.8 Å². The Morgan fingerprint density at radius 2 is 2.36 bits per heavy atom. The summed E-state index contributed by atoms with van der Waals surface area (Å²) < 4.78 is 0. The van der Waals surface area contributed by atoms with Crippen LogP contribution in [-0.4, -0.2) is 23.3 Å². The summed E-state index contributed by atoms with van der Waals surface area (Å²) in [6.07, 6.45) is 4.83. The third-order valence-electron chi connectivity index (χ3n) is 2.52. The Kier molecular flexibility index (Phi) is 1.48. The number of fused-ring (bicyclic) bond motifs is 1. The van der Waals surface area contributed by atoms with E-state index in [4.69, 9.17) is 0 Å². The second kappa shape index (κ2) is 2.36. The molecule has 0 aliphatic carbocycles. The Hall–Kier alpha value is -0.790.